The van der Waals surface area contributed by atoms with Gasteiger partial charge in [0.25, 0.3) is 0 Å². The lowest BCUT2D eigenvalue weighted by Gasteiger charge is -2.38. The zero-order valence-corrected chi connectivity index (χ0v) is 18.4. The van der Waals surface area contributed by atoms with E-state index in [1.807, 2.05) is 19.3 Å². The minimum Gasteiger partial charge on any atom is -0.386 e. The summed E-state index contributed by atoms with van der Waals surface area (Å²) in [6, 6.07) is 3.10. The Morgan fingerprint density at radius 2 is 1.97 bits per heavy atom. The van der Waals surface area contributed by atoms with Crippen molar-refractivity contribution in [2.45, 2.75) is 39.0 Å². The maximum atomic E-state index is 14.5. The Morgan fingerprint density at radius 1 is 1.16 bits per heavy atom. The third kappa shape index (κ3) is 3.08. The van der Waals surface area contributed by atoms with Crippen molar-refractivity contribution < 1.29 is 4.39 Å². The molecular formula is C24H26FN7. The van der Waals surface area contributed by atoms with E-state index in [1.165, 1.54) is 31.7 Å². The molecule has 1 saturated carbocycles. The SMILES string of the molecule is CNc1cc(F)cc2c1[nH]c1nc(Cc3cnc(C)nc3)nc(N3CCC4(CCC4)C3)c12. The first-order valence-electron chi connectivity index (χ1n) is 11.3. The Hall–Kier alpha value is -3.29. The van der Waals surface area contributed by atoms with Crippen LogP contribution in [0.1, 0.15) is 42.9 Å². The third-order valence-electron chi connectivity index (χ3n) is 7.17. The Morgan fingerprint density at radius 3 is 2.66 bits per heavy atom. The van der Waals surface area contributed by atoms with Crippen molar-refractivity contribution in [1.29, 1.82) is 0 Å². The highest BCUT2D eigenvalue weighted by atomic mass is 19.1. The number of rotatable bonds is 4. The van der Waals surface area contributed by atoms with Crippen LogP contribution in [-0.4, -0.2) is 45.1 Å². The molecule has 7 nitrogen and oxygen atoms in total. The molecule has 8 heteroatoms. The van der Waals surface area contributed by atoms with Gasteiger partial charge in [0.1, 0.15) is 28.9 Å². The fourth-order valence-corrected chi connectivity index (χ4v) is 5.29. The number of benzene rings is 1. The topological polar surface area (TPSA) is 82.6 Å². The first-order chi connectivity index (χ1) is 15.5. The average Bonchev–Trinajstić information content (AvgIpc) is 3.37. The number of aromatic nitrogens is 5. The van der Waals surface area contributed by atoms with Gasteiger partial charge in [-0.2, -0.15) is 0 Å². The number of hydrogen-bond acceptors (Lipinski definition) is 6. The van der Waals surface area contributed by atoms with Gasteiger partial charge in [-0.15, -0.1) is 0 Å². The third-order valence-corrected chi connectivity index (χ3v) is 7.17. The molecule has 1 saturated heterocycles. The number of fused-ring (bicyclic) bond motifs is 3. The molecule has 0 bridgehead atoms. The number of H-pyrrole nitrogens is 1. The van der Waals surface area contributed by atoms with Crippen LogP contribution in [0.3, 0.4) is 0 Å². The van der Waals surface area contributed by atoms with Crippen molar-refractivity contribution >= 4 is 33.4 Å². The van der Waals surface area contributed by atoms with Crippen LogP contribution >= 0.6 is 0 Å². The van der Waals surface area contributed by atoms with Gasteiger partial charge >= 0.3 is 0 Å². The average molecular weight is 432 g/mol. The van der Waals surface area contributed by atoms with E-state index in [9.17, 15) is 4.39 Å². The molecule has 1 aliphatic heterocycles. The van der Waals surface area contributed by atoms with Crippen LogP contribution in [0.4, 0.5) is 15.9 Å². The Bertz CT molecular complexity index is 1320. The van der Waals surface area contributed by atoms with E-state index < -0.39 is 0 Å². The van der Waals surface area contributed by atoms with Crippen LogP contribution in [0.15, 0.2) is 24.5 Å². The largest absolute Gasteiger partial charge is 0.386 e. The minimum absolute atomic E-state index is 0.272. The lowest BCUT2D eigenvalue weighted by Crippen LogP contribution is -2.33. The summed E-state index contributed by atoms with van der Waals surface area (Å²) < 4.78 is 14.5. The molecular weight excluding hydrogens is 405 g/mol. The van der Waals surface area contributed by atoms with Crippen molar-refractivity contribution in [3.63, 3.8) is 0 Å². The van der Waals surface area contributed by atoms with Crippen molar-refractivity contribution in [1.82, 2.24) is 24.9 Å². The Balaban J connectivity index is 1.53. The second-order valence-corrected chi connectivity index (χ2v) is 9.28. The van der Waals surface area contributed by atoms with Gasteiger partial charge in [-0.05, 0) is 49.3 Å². The quantitative estimate of drug-likeness (QED) is 0.500. The summed E-state index contributed by atoms with van der Waals surface area (Å²) in [5.41, 5.74) is 3.71. The summed E-state index contributed by atoms with van der Waals surface area (Å²) in [5.74, 6) is 2.09. The van der Waals surface area contributed by atoms with E-state index in [1.54, 1.807) is 13.1 Å². The molecule has 2 fully saturated rings. The number of aryl methyl sites for hydroxylation is 1. The van der Waals surface area contributed by atoms with E-state index in [0.29, 0.717) is 23.3 Å². The van der Waals surface area contributed by atoms with E-state index in [0.717, 1.165) is 52.2 Å². The summed E-state index contributed by atoms with van der Waals surface area (Å²) in [5, 5.41) is 4.82. The first kappa shape index (κ1) is 19.4. The molecule has 0 radical (unpaired) electrons. The fraction of sp³-hybridized carbons (Fsp3) is 0.417. The van der Waals surface area contributed by atoms with Crippen molar-refractivity contribution in [3.05, 3.63) is 47.6 Å². The molecule has 1 aliphatic carbocycles. The summed E-state index contributed by atoms with van der Waals surface area (Å²) in [6.45, 7) is 3.85. The molecule has 4 heterocycles. The maximum absolute atomic E-state index is 14.5. The highest BCUT2D eigenvalue weighted by Crippen LogP contribution is 2.49. The van der Waals surface area contributed by atoms with Crippen molar-refractivity contribution in [3.8, 4) is 0 Å². The zero-order chi connectivity index (χ0) is 21.9. The van der Waals surface area contributed by atoms with Gasteiger partial charge in [0.2, 0.25) is 0 Å². The molecule has 0 unspecified atom stereocenters. The molecule has 1 aromatic carbocycles. The lowest BCUT2D eigenvalue weighted by atomic mass is 9.68. The van der Waals surface area contributed by atoms with Gasteiger partial charge in [0, 0.05) is 44.3 Å². The summed E-state index contributed by atoms with van der Waals surface area (Å²) in [6.07, 6.45) is 9.29. The smallest absolute Gasteiger partial charge is 0.144 e. The molecule has 0 amide bonds. The number of aromatic amines is 1. The van der Waals surface area contributed by atoms with Crippen molar-refractivity contribution in [2.24, 2.45) is 5.41 Å². The van der Waals surface area contributed by atoms with Gasteiger partial charge in [0.15, 0.2) is 0 Å². The predicted molar refractivity (Wildman–Crippen MR) is 124 cm³/mol. The van der Waals surface area contributed by atoms with E-state index in [-0.39, 0.29) is 5.82 Å². The number of nitrogens with zero attached hydrogens (tertiary/aromatic N) is 5. The first-order valence-corrected chi connectivity index (χ1v) is 11.3. The van der Waals surface area contributed by atoms with Gasteiger partial charge in [0.05, 0.1) is 16.6 Å². The molecule has 164 valence electrons. The Kier molecular flexibility index (Phi) is 4.31. The van der Waals surface area contributed by atoms with Gasteiger partial charge in [-0.25, -0.2) is 24.3 Å². The lowest BCUT2D eigenvalue weighted by molar-refractivity contribution is 0.165. The number of nitrogens with one attached hydrogen (secondary N) is 2. The summed E-state index contributed by atoms with van der Waals surface area (Å²) in [7, 11) is 1.80. The van der Waals surface area contributed by atoms with Crippen molar-refractivity contribution in [2.75, 3.05) is 30.4 Å². The van der Waals surface area contributed by atoms with Crippen LogP contribution in [0, 0.1) is 18.2 Å². The normalized spacial score (nSPS) is 17.4. The summed E-state index contributed by atoms with van der Waals surface area (Å²) in [4.78, 5) is 24.3. The minimum atomic E-state index is -0.272. The highest BCUT2D eigenvalue weighted by Gasteiger charge is 2.43. The predicted octanol–water partition coefficient (Wildman–Crippen LogP) is 4.36. The van der Waals surface area contributed by atoms with Crippen LogP contribution in [0.25, 0.3) is 21.9 Å². The maximum Gasteiger partial charge on any atom is 0.144 e. The van der Waals surface area contributed by atoms with E-state index in [4.69, 9.17) is 9.97 Å². The molecule has 6 rings (SSSR count). The molecule has 4 aromatic rings. The van der Waals surface area contributed by atoms with Gasteiger partial charge in [-0.1, -0.05) is 6.42 Å². The summed E-state index contributed by atoms with van der Waals surface area (Å²) >= 11 is 0. The van der Waals surface area contributed by atoms with Gasteiger partial charge in [-0.3, -0.25) is 0 Å². The number of anilines is 2. The molecule has 2 aliphatic rings. The second kappa shape index (κ2) is 7.12. The Labute approximate surface area is 185 Å². The monoisotopic (exact) mass is 431 g/mol. The molecule has 32 heavy (non-hydrogen) atoms. The highest BCUT2D eigenvalue weighted by molar-refractivity contribution is 6.14. The fourth-order valence-electron chi connectivity index (χ4n) is 5.29. The molecule has 0 atom stereocenters. The molecule has 3 aromatic heterocycles. The number of halogens is 1. The van der Waals surface area contributed by atoms with E-state index >= 15 is 0 Å². The van der Waals surface area contributed by atoms with Crippen LogP contribution in [-0.2, 0) is 6.42 Å². The molecule has 2 N–H and O–H groups in total. The number of hydrogen-bond donors (Lipinski definition) is 2. The van der Waals surface area contributed by atoms with Crippen LogP contribution in [0.5, 0.6) is 0 Å². The zero-order valence-electron chi connectivity index (χ0n) is 18.4. The second-order valence-electron chi connectivity index (χ2n) is 9.28. The van der Waals surface area contributed by atoms with E-state index in [2.05, 4.69) is 25.2 Å². The van der Waals surface area contributed by atoms with Gasteiger partial charge < -0.3 is 15.2 Å². The molecule has 1 spiro atoms. The standard InChI is InChI=1S/C24H26FN7/c1-14-27-11-15(12-28-14)8-19-29-22-20(17-9-16(25)10-18(26-2)21(17)31-22)23(30-19)32-7-6-24(13-32)4-3-5-24/h9-12,26H,3-8,13H2,1-2H3,(H,29,30,31). The van der Waals surface area contributed by atoms with Crippen LogP contribution in [0.2, 0.25) is 0 Å². The van der Waals surface area contributed by atoms with Crippen LogP contribution < -0.4 is 10.2 Å².